The molecule has 2 unspecified atom stereocenters. The molecule has 0 radical (unpaired) electrons. The SMILES string of the molecule is CCC(C)C1(C)CNCC(CC)(CC)O1. The predicted octanol–water partition coefficient (Wildman–Crippen LogP) is 2.97. The largest absolute Gasteiger partial charge is 0.366 e. The Labute approximate surface area is 94.8 Å². The van der Waals surface area contributed by atoms with Crippen LogP contribution in [0.15, 0.2) is 0 Å². The third-order valence-electron chi connectivity index (χ3n) is 4.32. The van der Waals surface area contributed by atoms with Gasteiger partial charge in [0.1, 0.15) is 0 Å². The van der Waals surface area contributed by atoms with Crippen LogP contribution >= 0.6 is 0 Å². The van der Waals surface area contributed by atoms with E-state index in [1.54, 1.807) is 0 Å². The highest BCUT2D eigenvalue weighted by Gasteiger charge is 2.43. The number of rotatable bonds is 4. The zero-order chi connectivity index (χ0) is 11.5. The van der Waals surface area contributed by atoms with E-state index in [2.05, 4.69) is 39.9 Å². The molecule has 0 bridgehead atoms. The van der Waals surface area contributed by atoms with Crippen molar-refractivity contribution >= 4 is 0 Å². The maximum Gasteiger partial charge on any atom is 0.0811 e. The molecule has 0 aromatic rings. The van der Waals surface area contributed by atoms with Crippen LogP contribution in [0.4, 0.5) is 0 Å². The van der Waals surface area contributed by atoms with Gasteiger partial charge in [0, 0.05) is 13.1 Å². The molecule has 0 saturated carbocycles. The van der Waals surface area contributed by atoms with Gasteiger partial charge in [-0.3, -0.25) is 0 Å². The Hall–Kier alpha value is -0.0800. The lowest BCUT2D eigenvalue weighted by atomic mass is 9.83. The van der Waals surface area contributed by atoms with E-state index in [0.29, 0.717) is 5.92 Å². The smallest absolute Gasteiger partial charge is 0.0811 e. The quantitative estimate of drug-likeness (QED) is 0.775. The number of nitrogens with one attached hydrogen (secondary N) is 1. The molecular weight excluding hydrogens is 186 g/mol. The highest BCUT2D eigenvalue weighted by Crippen LogP contribution is 2.35. The molecular formula is C13H27NO. The van der Waals surface area contributed by atoms with Gasteiger partial charge < -0.3 is 10.1 Å². The van der Waals surface area contributed by atoms with E-state index >= 15 is 0 Å². The molecule has 1 N–H and O–H groups in total. The molecule has 0 amide bonds. The lowest BCUT2D eigenvalue weighted by Crippen LogP contribution is -2.61. The van der Waals surface area contributed by atoms with Gasteiger partial charge in [0.15, 0.2) is 0 Å². The van der Waals surface area contributed by atoms with Crippen molar-refractivity contribution in [3.63, 3.8) is 0 Å². The molecule has 1 fully saturated rings. The van der Waals surface area contributed by atoms with Crippen molar-refractivity contribution in [3.8, 4) is 0 Å². The van der Waals surface area contributed by atoms with Gasteiger partial charge in [0.25, 0.3) is 0 Å². The van der Waals surface area contributed by atoms with Crippen LogP contribution in [0.3, 0.4) is 0 Å². The van der Waals surface area contributed by atoms with Crippen LogP contribution in [-0.2, 0) is 4.74 Å². The lowest BCUT2D eigenvalue weighted by Gasteiger charge is -2.49. The molecule has 0 aliphatic carbocycles. The Morgan fingerprint density at radius 1 is 1.20 bits per heavy atom. The summed E-state index contributed by atoms with van der Waals surface area (Å²) in [5.41, 5.74) is 0.0788. The summed E-state index contributed by atoms with van der Waals surface area (Å²) < 4.78 is 6.45. The normalized spacial score (nSPS) is 32.6. The van der Waals surface area contributed by atoms with Gasteiger partial charge in [0.05, 0.1) is 11.2 Å². The second-order valence-electron chi connectivity index (χ2n) is 5.22. The van der Waals surface area contributed by atoms with Crippen molar-refractivity contribution < 1.29 is 4.74 Å². The van der Waals surface area contributed by atoms with E-state index in [-0.39, 0.29) is 11.2 Å². The highest BCUT2D eigenvalue weighted by atomic mass is 16.5. The van der Waals surface area contributed by atoms with Crippen LogP contribution in [0.2, 0.25) is 0 Å². The zero-order valence-corrected chi connectivity index (χ0v) is 11.0. The summed E-state index contributed by atoms with van der Waals surface area (Å²) in [7, 11) is 0. The van der Waals surface area contributed by atoms with E-state index < -0.39 is 0 Å². The molecule has 2 atom stereocenters. The maximum atomic E-state index is 6.45. The molecule has 1 heterocycles. The van der Waals surface area contributed by atoms with Crippen molar-refractivity contribution in [1.29, 1.82) is 0 Å². The maximum absolute atomic E-state index is 6.45. The fourth-order valence-corrected chi connectivity index (χ4v) is 2.46. The molecule has 0 aromatic carbocycles. The van der Waals surface area contributed by atoms with E-state index in [0.717, 1.165) is 25.9 Å². The molecule has 2 nitrogen and oxygen atoms in total. The number of hydrogen-bond donors (Lipinski definition) is 1. The third kappa shape index (κ3) is 2.54. The summed E-state index contributed by atoms with van der Waals surface area (Å²) in [6, 6.07) is 0. The van der Waals surface area contributed by atoms with Gasteiger partial charge in [-0.1, -0.05) is 34.1 Å². The van der Waals surface area contributed by atoms with Crippen molar-refractivity contribution in [1.82, 2.24) is 5.32 Å². The van der Waals surface area contributed by atoms with Crippen LogP contribution < -0.4 is 5.32 Å². The molecule has 1 rings (SSSR count). The van der Waals surface area contributed by atoms with Crippen molar-refractivity contribution in [3.05, 3.63) is 0 Å². The minimum Gasteiger partial charge on any atom is -0.366 e. The van der Waals surface area contributed by atoms with Crippen LogP contribution in [0.5, 0.6) is 0 Å². The molecule has 1 saturated heterocycles. The number of ether oxygens (including phenoxy) is 1. The van der Waals surface area contributed by atoms with Gasteiger partial charge in [-0.15, -0.1) is 0 Å². The van der Waals surface area contributed by atoms with Gasteiger partial charge >= 0.3 is 0 Å². The second kappa shape index (κ2) is 4.84. The molecule has 1 aliphatic rings. The number of hydrogen-bond acceptors (Lipinski definition) is 2. The van der Waals surface area contributed by atoms with Crippen molar-refractivity contribution in [2.75, 3.05) is 13.1 Å². The first-order chi connectivity index (χ1) is 7.02. The van der Waals surface area contributed by atoms with Gasteiger partial charge in [-0.25, -0.2) is 0 Å². The Morgan fingerprint density at radius 3 is 2.27 bits per heavy atom. The van der Waals surface area contributed by atoms with Crippen LogP contribution in [0.25, 0.3) is 0 Å². The Morgan fingerprint density at radius 2 is 1.80 bits per heavy atom. The Bertz CT molecular complexity index is 201. The van der Waals surface area contributed by atoms with Crippen molar-refractivity contribution in [2.24, 2.45) is 5.92 Å². The average molecular weight is 213 g/mol. The van der Waals surface area contributed by atoms with E-state index in [4.69, 9.17) is 4.74 Å². The zero-order valence-electron chi connectivity index (χ0n) is 11.0. The molecule has 90 valence electrons. The predicted molar refractivity (Wildman–Crippen MR) is 65.1 cm³/mol. The molecule has 0 aromatic heterocycles. The van der Waals surface area contributed by atoms with Crippen LogP contribution in [0, 0.1) is 5.92 Å². The summed E-state index contributed by atoms with van der Waals surface area (Å²) in [5, 5.41) is 3.56. The monoisotopic (exact) mass is 213 g/mol. The first kappa shape index (κ1) is 13.0. The highest BCUT2D eigenvalue weighted by molar-refractivity contribution is 4.95. The summed E-state index contributed by atoms with van der Waals surface area (Å²) >= 11 is 0. The standard InChI is InChI=1S/C13H27NO/c1-6-11(4)12(5)9-14-10-13(7-2,8-3)15-12/h11,14H,6-10H2,1-5H3. The molecule has 0 spiro atoms. The Balaban J connectivity index is 2.77. The van der Waals surface area contributed by atoms with Gasteiger partial charge in [0.2, 0.25) is 0 Å². The number of morpholine rings is 1. The first-order valence-electron chi connectivity index (χ1n) is 6.43. The molecule has 1 aliphatic heterocycles. The summed E-state index contributed by atoms with van der Waals surface area (Å²) in [5.74, 6) is 0.614. The topological polar surface area (TPSA) is 21.3 Å². The summed E-state index contributed by atoms with van der Waals surface area (Å²) in [6.07, 6.45) is 3.38. The van der Waals surface area contributed by atoms with E-state index in [1.165, 1.54) is 6.42 Å². The van der Waals surface area contributed by atoms with Gasteiger partial charge in [-0.2, -0.15) is 0 Å². The fraction of sp³-hybridized carbons (Fsp3) is 1.00. The fourth-order valence-electron chi connectivity index (χ4n) is 2.46. The summed E-state index contributed by atoms with van der Waals surface area (Å²) in [6.45, 7) is 13.3. The average Bonchev–Trinajstić information content (AvgIpc) is 2.27. The second-order valence-corrected chi connectivity index (χ2v) is 5.22. The minimum atomic E-state index is 0.0129. The minimum absolute atomic E-state index is 0.0129. The molecule has 2 heteroatoms. The van der Waals surface area contributed by atoms with Gasteiger partial charge in [-0.05, 0) is 25.7 Å². The van der Waals surface area contributed by atoms with E-state index in [1.807, 2.05) is 0 Å². The third-order valence-corrected chi connectivity index (χ3v) is 4.32. The van der Waals surface area contributed by atoms with Crippen molar-refractivity contribution in [2.45, 2.75) is 65.1 Å². The Kier molecular flexibility index (Phi) is 4.19. The molecule has 15 heavy (non-hydrogen) atoms. The first-order valence-corrected chi connectivity index (χ1v) is 6.43. The lowest BCUT2D eigenvalue weighted by molar-refractivity contribution is -0.194. The van der Waals surface area contributed by atoms with E-state index in [9.17, 15) is 0 Å². The summed E-state index contributed by atoms with van der Waals surface area (Å²) in [4.78, 5) is 0. The van der Waals surface area contributed by atoms with Crippen LogP contribution in [0.1, 0.15) is 53.9 Å². The van der Waals surface area contributed by atoms with Crippen LogP contribution in [-0.4, -0.2) is 24.3 Å².